The Morgan fingerprint density at radius 2 is 2.10 bits per heavy atom. The van der Waals surface area contributed by atoms with Crippen molar-refractivity contribution in [2.75, 3.05) is 18.0 Å². The number of nitrogens with zero attached hydrogens (tertiary/aromatic N) is 1. The van der Waals surface area contributed by atoms with Crippen LogP contribution >= 0.6 is 0 Å². The van der Waals surface area contributed by atoms with Crippen LogP contribution in [0.25, 0.3) is 0 Å². The maximum atomic E-state index is 11.5. The first-order valence-corrected chi connectivity index (χ1v) is 7.99. The predicted molar refractivity (Wildman–Crippen MR) is 83.2 cm³/mol. The zero-order chi connectivity index (χ0) is 14.8. The molecule has 21 heavy (non-hydrogen) atoms. The first-order valence-electron chi connectivity index (χ1n) is 7.99. The quantitative estimate of drug-likeness (QED) is 0.897. The van der Waals surface area contributed by atoms with Gasteiger partial charge < -0.3 is 15.3 Å². The molecule has 2 saturated heterocycles. The SMILES string of the molecule is CCC(O)c1ccc(N2CCC3NC(=O)CCC3C2)cc1. The second-order valence-corrected chi connectivity index (χ2v) is 6.22. The Labute approximate surface area is 126 Å². The van der Waals surface area contributed by atoms with E-state index in [9.17, 15) is 9.90 Å². The van der Waals surface area contributed by atoms with Crippen molar-refractivity contribution >= 4 is 11.6 Å². The number of anilines is 1. The minimum absolute atomic E-state index is 0.211. The maximum Gasteiger partial charge on any atom is 0.220 e. The molecule has 1 aromatic rings. The molecule has 0 spiro atoms. The Kier molecular flexibility index (Phi) is 4.15. The highest BCUT2D eigenvalue weighted by atomic mass is 16.3. The van der Waals surface area contributed by atoms with Crippen molar-refractivity contribution in [3.05, 3.63) is 29.8 Å². The summed E-state index contributed by atoms with van der Waals surface area (Å²) in [4.78, 5) is 13.9. The summed E-state index contributed by atoms with van der Waals surface area (Å²) in [7, 11) is 0. The molecule has 2 aliphatic heterocycles. The molecule has 0 bridgehead atoms. The first kappa shape index (κ1) is 14.4. The van der Waals surface area contributed by atoms with E-state index in [2.05, 4.69) is 22.3 Å². The standard InChI is InChI=1S/C17H24N2O2/c1-2-16(20)12-3-6-14(7-4-12)19-10-9-15-13(11-19)5-8-17(21)18-15/h3-4,6-7,13,15-16,20H,2,5,8-11H2,1H3,(H,18,21). The third-order valence-electron chi connectivity index (χ3n) is 4.85. The van der Waals surface area contributed by atoms with Gasteiger partial charge in [-0.1, -0.05) is 19.1 Å². The molecule has 0 saturated carbocycles. The monoisotopic (exact) mass is 288 g/mol. The van der Waals surface area contributed by atoms with Crippen molar-refractivity contribution in [1.29, 1.82) is 0 Å². The van der Waals surface area contributed by atoms with E-state index in [1.54, 1.807) is 0 Å². The van der Waals surface area contributed by atoms with Crippen molar-refractivity contribution in [2.24, 2.45) is 5.92 Å². The van der Waals surface area contributed by atoms with Gasteiger partial charge in [0.25, 0.3) is 0 Å². The van der Waals surface area contributed by atoms with Crippen molar-refractivity contribution in [3.63, 3.8) is 0 Å². The molecule has 1 aromatic carbocycles. The van der Waals surface area contributed by atoms with E-state index < -0.39 is 0 Å². The normalized spacial score (nSPS) is 27.0. The third-order valence-corrected chi connectivity index (χ3v) is 4.85. The summed E-state index contributed by atoms with van der Waals surface area (Å²) in [5.74, 6) is 0.778. The van der Waals surface area contributed by atoms with Gasteiger partial charge in [0, 0.05) is 31.2 Å². The van der Waals surface area contributed by atoms with E-state index >= 15 is 0 Å². The highest BCUT2D eigenvalue weighted by Gasteiger charge is 2.33. The molecule has 4 nitrogen and oxygen atoms in total. The number of carbonyl (C=O) groups is 1. The van der Waals surface area contributed by atoms with Gasteiger partial charge in [-0.3, -0.25) is 4.79 Å². The fourth-order valence-corrected chi connectivity index (χ4v) is 3.49. The molecule has 3 atom stereocenters. The maximum absolute atomic E-state index is 11.5. The molecule has 3 unspecified atom stereocenters. The van der Waals surface area contributed by atoms with Crippen LogP contribution in [0.1, 0.15) is 44.3 Å². The summed E-state index contributed by atoms with van der Waals surface area (Å²) in [6.07, 6.45) is 3.07. The number of hydrogen-bond acceptors (Lipinski definition) is 3. The summed E-state index contributed by atoms with van der Waals surface area (Å²) in [5.41, 5.74) is 2.21. The lowest BCUT2D eigenvalue weighted by Gasteiger charge is -2.42. The lowest BCUT2D eigenvalue weighted by atomic mass is 9.85. The van der Waals surface area contributed by atoms with Crippen LogP contribution in [0.15, 0.2) is 24.3 Å². The number of piperidine rings is 2. The molecule has 4 heteroatoms. The number of rotatable bonds is 3. The highest BCUT2D eigenvalue weighted by molar-refractivity contribution is 5.77. The van der Waals surface area contributed by atoms with Gasteiger partial charge in [-0.2, -0.15) is 0 Å². The summed E-state index contributed by atoms with van der Waals surface area (Å²) in [6.45, 7) is 3.98. The largest absolute Gasteiger partial charge is 0.388 e. The highest BCUT2D eigenvalue weighted by Crippen LogP contribution is 2.29. The molecule has 1 amide bonds. The number of hydrogen-bond donors (Lipinski definition) is 2. The number of carbonyl (C=O) groups excluding carboxylic acids is 1. The topological polar surface area (TPSA) is 52.6 Å². The number of aliphatic hydroxyl groups excluding tert-OH is 1. The predicted octanol–water partition coefficient (Wildman–Crippen LogP) is 2.23. The number of amides is 1. The fourth-order valence-electron chi connectivity index (χ4n) is 3.49. The molecule has 2 heterocycles. The zero-order valence-electron chi connectivity index (χ0n) is 12.6. The molecule has 114 valence electrons. The molecule has 0 aliphatic carbocycles. The number of fused-ring (bicyclic) bond motifs is 1. The van der Waals surface area contributed by atoms with E-state index in [4.69, 9.17) is 0 Å². The van der Waals surface area contributed by atoms with E-state index in [1.807, 2.05) is 19.1 Å². The number of benzene rings is 1. The van der Waals surface area contributed by atoms with E-state index in [0.717, 1.165) is 37.9 Å². The minimum Gasteiger partial charge on any atom is -0.388 e. The minimum atomic E-state index is -0.363. The first-order chi connectivity index (χ1) is 10.2. The summed E-state index contributed by atoms with van der Waals surface area (Å²) < 4.78 is 0. The average molecular weight is 288 g/mol. The van der Waals surface area contributed by atoms with Gasteiger partial charge in [0.2, 0.25) is 5.91 Å². The third kappa shape index (κ3) is 3.05. The van der Waals surface area contributed by atoms with Crippen LogP contribution in [-0.2, 0) is 4.79 Å². The van der Waals surface area contributed by atoms with Crippen molar-refractivity contribution in [1.82, 2.24) is 5.32 Å². The Balaban J connectivity index is 1.66. The van der Waals surface area contributed by atoms with Crippen LogP contribution in [0.4, 0.5) is 5.69 Å². The summed E-state index contributed by atoms with van der Waals surface area (Å²) in [6, 6.07) is 8.63. The van der Waals surface area contributed by atoms with Gasteiger partial charge in [-0.05, 0) is 42.9 Å². The van der Waals surface area contributed by atoms with Crippen molar-refractivity contribution in [2.45, 2.75) is 44.8 Å². The van der Waals surface area contributed by atoms with Gasteiger partial charge >= 0.3 is 0 Å². The number of aliphatic hydroxyl groups is 1. The van der Waals surface area contributed by atoms with Crippen molar-refractivity contribution < 1.29 is 9.90 Å². The van der Waals surface area contributed by atoms with Gasteiger partial charge in [0.05, 0.1) is 6.10 Å². The molecule has 2 N–H and O–H groups in total. The Bertz CT molecular complexity index is 500. The molecule has 3 rings (SSSR count). The van der Waals surface area contributed by atoms with Crippen LogP contribution in [0, 0.1) is 5.92 Å². The van der Waals surface area contributed by atoms with Gasteiger partial charge in [-0.25, -0.2) is 0 Å². The molecular formula is C17H24N2O2. The second kappa shape index (κ2) is 6.06. The molecule has 2 fully saturated rings. The van der Waals surface area contributed by atoms with Gasteiger partial charge in [0.1, 0.15) is 0 Å². The van der Waals surface area contributed by atoms with Crippen LogP contribution in [-0.4, -0.2) is 30.1 Å². The smallest absolute Gasteiger partial charge is 0.220 e. The van der Waals surface area contributed by atoms with E-state index in [-0.39, 0.29) is 12.0 Å². The zero-order valence-corrected chi connectivity index (χ0v) is 12.6. The summed E-state index contributed by atoms with van der Waals surface area (Å²) in [5, 5.41) is 13.0. The Morgan fingerprint density at radius 1 is 1.33 bits per heavy atom. The van der Waals surface area contributed by atoms with Crippen LogP contribution in [0.2, 0.25) is 0 Å². The summed E-state index contributed by atoms with van der Waals surface area (Å²) >= 11 is 0. The van der Waals surface area contributed by atoms with Crippen LogP contribution < -0.4 is 10.2 Å². The fraction of sp³-hybridized carbons (Fsp3) is 0.588. The van der Waals surface area contributed by atoms with E-state index in [0.29, 0.717) is 18.4 Å². The Morgan fingerprint density at radius 3 is 2.81 bits per heavy atom. The average Bonchev–Trinajstić information content (AvgIpc) is 2.53. The second-order valence-electron chi connectivity index (χ2n) is 6.22. The molecular weight excluding hydrogens is 264 g/mol. The van der Waals surface area contributed by atoms with E-state index in [1.165, 1.54) is 5.69 Å². The van der Waals surface area contributed by atoms with Crippen LogP contribution in [0.5, 0.6) is 0 Å². The van der Waals surface area contributed by atoms with Gasteiger partial charge in [0.15, 0.2) is 0 Å². The molecule has 0 radical (unpaired) electrons. The number of nitrogens with one attached hydrogen (secondary N) is 1. The van der Waals surface area contributed by atoms with Crippen molar-refractivity contribution in [3.8, 4) is 0 Å². The molecule has 2 aliphatic rings. The lowest BCUT2D eigenvalue weighted by Crippen LogP contribution is -2.54. The lowest BCUT2D eigenvalue weighted by molar-refractivity contribution is -0.124. The Hall–Kier alpha value is -1.55. The van der Waals surface area contributed by atoms with Gasteiger partial charge in [-0.15, -0.1) is 0 Å². The van der Waals surface area contributed by atoms with Crippen LogP contribution in [0.3, 0.4) is 0 Å². The molecule has 0 aromatic heterocycles.